The third-order valence-electron chi connectivity index (χ3n) is 6.12. The fraction of sp³-hybridized carbons (Fsp3) is 0.478. The van der Waals surface area contributed by atoms with E-state index < -0.39 is 15.9 Å². The van der Waals surface area contributed by atoms with Crippen LogP contribution < -0.4 is 10.9 Å². The molecule has 9 heteroatoms. The molecule has 3 rings (SSSR count). The topological polar surface area (TPSA) is 98.8 Å². The molecule has 1 aliphatic heterocycles. The first-order chi connectivity index (χ1) is 15.2. The third-order valence-corrected chi connectivity index (χ3v) is 7.39. The molecule has 1 saturated heterocycles. The largest absolute Gasteiger partial charge is 0.296 e. The van der Waals surface area contributed by atoms with E-state index in [1.165, 1.54) is 20.6 Å². The molecule has 2 N–H and O–H groups in total. The number of hydrazine groups is 1. The second-order valence-corrected chi connectivity index (χ2v) is 10.2. The van der Waals surface area contributed by atoms with Gasteiger partial charge in [0.1, 0.15) is 0 Å². The van der Waals surface area contributed by atoms with Gasteiger partial charge in [-0.3, -0.25) is 25.3 Å². The smallest absolute Gasteiger partial charge is 0.253 e. The minimum Gasteiger partial charge on any atom is -0.296 e. The van der Waals surface area contributed by atoms with E-state index in [-0.39, 0.29) is 31.0 Å². The van der Waals surface area contributed by atoms with Crippen LogP contribution in [0, 0.1) is 0 Å². The van der Waals surface area contributed by atoms with Crippen molar-refractivity contribution in [2.45, 2.75) is 45.2 Å². The highest BCUT2D eigenvalue weighted by molar-refractivity contribution is 7.88. The number of piperidine rings is 1. The van der Waals surface area contributed by atoms with Gasteiger partial charge in [-0.15, -0.1) is 0 Å². The first kappa shape index (κ1) is 24.2. The number of amides is 2. The van der Waals surface area contributed by atoms with Crippen LogP contribution in [0.3, 0.4) is 0 Å². The van der Waals surface area contributed by atoms with Crippen molar-refractivity contribution in [3.63, 3.8) is 0 Å². The average Bonchev–Trinajstić information content (AvgIpc) is 2.79. The first-order valence-corrected chi connectivity index (χ1v) is 12.8. The third kappa shape index (κ3) is 5.85. The minimum atomic E-state index is -3.58. The van der Waals surface area contributed by atoms with Crippen LogP contribution in [-0.4, -0.2) is 61.4 Å². The number of fused-ring (bicyclic) bond motifs is 1. The summed E-state index contributed by atoms with van der Waals surface area (Å²) in [6.07, 6.45) is 2.62. The van der Waals surface area contributed by atoms with Crippen LogP contribution in [0.15, 0.2) is 42.5 Å². The molecule has 174 valence electrons. The number of hydrogen-bond acceptors (Lipinski definition) is 5. The Labute approximate surface area is 190 Å². The summed E-state index contributed by atoms with van der Waals surface area (Å²) in [4.78, 5) is 25.9. The molecule has 0 saturated carbocycles. The van der Waals surface area contributed by atoms with Gasteiger partial charge in [0.25, 0.3) is 5.91 Å². The molecule has 0 unspecified atom stereocenters. The van der Waals surface area contributed by atoms with Gasteiger partial charge in [0.15, 0.2) is 0 Å². The van der Waals surface area contributed by atoms with Crippen molar-refractivity contribution >= 4 is 32.6 Å². The van der Waals surface area contributed by atoms with Gasteiger partial charge in [0.2, 0.25) is 15.9 Å². The zero-order chi connectivity index (χ0) is 23.3. The van der Waals surface area contributed by atoms with Crippen LogP contribution in [0.5, 0.6) is 0 Å². The SMILES string of the molecule is CCC(=O)NNC(=O)CN(C1CCN([C@H](C)c2cccc3ccccc23)CC1)S(C)(=O)=O. The van der Waals surface area contributed by atoms with E-state index in [4.69, 9.17) is 0 Å². The number of hydrogen-bond donors (Lipinski definition) is 2. The molecular formula is C23H32N4O4S. The highest BCUT2D eigenvalue weighted by atomic mass is 32.2. The Hall–Kier alpha value is -2.49. The molecule has 0 aromatic heterocycles. The molecule has 0 radical (unpaired) electrons. The van der Waals surface area contributed by atoms with Gasteiger partial charge in [-0.1, -0.05) is 49.4 Å². The second-order valence-electron chi connectivity index (χ2n) is 8.27. The minimum absolute atomic E-state index is 0.196. The van der Waals surface area contributed by atoms with Crippen molar-refractivity contribution < 1.29 is 18.0 Å². The number of nitrogens with zero attached hydrogens (tertiary/aromatic N) is 2. The number of sulfonamides is 1. The number of carbonyl (C=O) groups excluding carboxylic acids is 2. The van der Waals surface area contributed by atoms with E-state index in [0.717, 1.165) is 19.3 Å². The standard InChI is InChI=1S/C23H32N4O4S/c1-4-22(28)24-25-23(29)16-27(32(3,30)31)19-12-14-26(15-13-19)17(2)20-11-7-9-18-8-5-6-10-21(18)20/h5-11,17,19H,4,12-16H2,1-3H3,(H,24,28)(H,25,29)/t17-/m1/s1. The summed E-state index contributed by atoms with van der Waals surface area (Å²) < 4.78 is 26.0. The fourth-order valence-corrected chi connectivity index (χ4v) is 5.40. The molecule has 2 amide bonds. The van der Waals surface area contributed by atoms with Gasteiger partial charge in [-0.2, -0.15) is 4.31 Å². The Kier molecular flexibility index (Phi) is 7.86. The number of carbonyl (C=O) groups is 2. The molecular weight excluding hydrogens is 428 g/mol. The van der Waals surface area contributed by atoms with E-state index in [1.807, 2.05) is 12.1 Å². The summed E-state index contributed by atoms with van der Waals surface area (Å²) in [6, 6.07) is 14.6. The van der Waals surface area contributed by atoms with E-state index in [0.29, 0.717) is 12.8 Å². The van der Waals surface area contributed by atoms with Gasteiger partial charge in [-0.25, -0.2) is 8.42 Å². The second kappa shape index (κ2) is 10.4. The Morgan fingerprint density at radius 3 is 2.34 bits per heavy atom. The van der Waals surface area contributed by atoms with Crippen molar-refractivity contribution in [3.05, 3.63) is 48.0 Å². The van der Waals surface area contributed by atoms with Crippen LogP contribution in [0.2, 0.25) is 0 Å². The molecule has 2 aromatic rings. The molecule has 1 aliphatic rings. The number of benzene rings is 2. The summed E-state index contributed by atoms with van der Waals surface area (Å²) >= 11 is 0. The molecule has 0 aliphatic carbocycles. The Morgan fingerprint density at radius 1 is 1.06 bits per heavy atom. The van der Waals surface area contributed by atoms with Crippen molar-refractivity contribution in [2.24, 2.45) is 0 Å². The van der Waals surface area contributed by atoms with Gasteiger partial charge in [0, 0.05) is 31.6 Å². The quantitative estimate of drug-likeness (QED) is 0.617. The summed E-state index contributed by atoms with van der Waals surface area (Å²) in [7, 11) is -3.58. The van der Waals surface area contributed by atoms with Crippen molar-refractivity contribution in [1.29, 1.82) is 0 Å². The lowest BCUT2D eigenvalue weighted by Gasteiger charge is -2.39. The molecule has 32 heavy (non-hydrogen) atoms. The summed E-state index contributed by atoms with van der Waals surface area (Å²) in [6.45, 7) is 4.99. The van der Waals surface area contributed by atoms with Crippen LogP contribution in [0.4, 0.5) is 0 Å². The molecule has 0 bridgehead atoms. The molecule has 1 atom stereocenters. The molecule has 1 fully saturated rings. The Morgan fingerprint density at radius 2 is 1.69 bits per heavy atom. The Balaban J connectivity index is 1.65. The van der Waals surface area contributed by atoms with E-state index >= 15 is 0 Å². The Bertz CT molecular complexity index is 1060. The highest BCUT2D eigenvalue weighted by Crippen LogP contribution is 2.31. The molecule has 8 nitrogen and oxygen atoms in total. The van der Waals surface area contributed by atoms with Crippen LogP contribution >= 0.6 is 0 Å². The average molecular weight is 461 g/mol. The van der Waals surface area contributed by atoms with Crippen LogP contribution in [0.1, 0.15) is 44.7 Å². The van der Waals surface area contributed by atoms with E-state index in [2.05, 4.69) is 53.0 Å². The summed E-state index contributed by atoms with van der Waals surface area (Å²) in [5, 5.41) is 2.43. The lowest BCUT2D eigenvalue weighted by molar-refractivity contribution is -0.129. The summed E-state index contributed by atoms with van der Waals surface area (Å²) in [5.74, 6) is -0.885. The number of likely N-dealkylation sites (tertiary alicyclic amines) is 1. The van der Waals surface area contributed by atoms with Gasteiger partial charge < -0.3 is 0 Å². The molecule has 0 spiro atoms. The van der Waals surface area contributed by atoms with Crippen molar-refractivity contribution in [1.82, 2.24) is 20.1 Å². The van der Waals surface area contributed by atoms with Crippen molar-refractivity contribution in [3.8, 4) is 0 Å². The van der Waals surface area contributed by atoms with Crippen molar-refractivity contribution in [2.75, 3.05) is 25.9 Å². The normalized spacial score (nSPS) is 16.8. The zero-order valence-corrected chi connectivity index (χ0v) is 19.7. The van der Waals surface area contributed by atoms with E-state index in [9.17, 15) is 18.0 Å². The van der Waals surface area contributed by atoms with E-state index in [1.54, 1.807) is 6.92 Å². The maximum atomic E-state index is 12.4. The van der Waals surface area contributed by atoms with Gasteiger partial charge in [-0.05, 0) is 36.1 Å². The monoisotopic (exact) mass is 460 g/mol. The molecule has 2 aromatic carbocycles. The first-order valence-electron chi connectivity index (χ1n) is 11.0. The van der Waals surface area contributed by atoms with Gasteiger partial charge >= 0.3 is 0 Å². The predicted octanol–water partition coefficient (Wildman–Crippen LogP) is 2.18. The highest BCUT2D eigenvalue weighted by Gasteiger charge is 2.33. The molecule has 1 heterocycles. The van der Waals surface area contributed by atoms with Crippen LogP contribution in [-0.2, 0) is 19.6 Å². The summed E-state index contributed by atoms with van der Waals surface area (Å²) in [5.41, 5.74) is 5.82. The lowest BCUT2D eigenvalue weighted by atomic mass is 9.96. The lowest BCUT2D eigenvalue weighted by Crippen LogP contribution is -2.52. The maximum Gasteiger partial charge on any atom is 0.253 e. The van der Waals surface area contributed by atoms with Gasteiger partial charge in [0.05, 0.1) is 12.8 Å². The number of rotatable bonds is 7. The fourth-order valence-electron chi connectivity index (χ4n) is 4.30. The zero-order valence-electron chi connectivity index (χ0n) is 18.9. The predicted molar refractivity (Wildman–Crippen MR) is 125 cm³/mol. The van der Waals surface area contributed by atoms with Crippen LogP contribution in [0.25, 0.3) is 10.8 Å². The number of nitrogens with one attached hydrogen (secondary N) is 2. The maximum absolute atomic E-state index is 12.4.